The highest BCUT2D eigenvalue weighted by atomic mass is 35.5. The first-order valence-electron chi connectivity index (χ1n) is 8.47. The van der Waals surface area contributed by atoms with Crippen LogP contribution in [0.25, 0.3) is 0 Å². The molecule has 4 N–H and O–H groups in total. The van der Waals surface area contributed by atoms with Crippen LogP contribution in [0, 0.1) is 5.82 Å². The van der Waals surface area contributed by atoms with E-state index >= 15 is 0 Å². The molecule has 2 aromatic carbocycles. The predicted octanol–water partition coefficient (Wildman–Crippen LogP) is 1.71. The number of nitrogens with two attached hydrogens (primary N) is 2. The summed E-state index contributed by atoms with van der Waals surface area (Å²) in [5.41, 5.74) is 1.96. The lowest BCUT2D eigenvalue weighted by molar-refractivity contribution is -0.682. The molecule has 2 rings (SSSR count). The Hall–Kier alpha value is -1.82. The maximum absolute atomic E-state index is 13.0. The third kappa shape index (κ3) is 6.20. The molecule has 0 heterocycles. The van der Waals surface area contributed by atoms with Crippen LogP contribution in [0.4, 0.5) is 4.39 Å². The van der Waals surface area contributed by atoms with Gasteiger partial charge in [0.25, 0.3) is 0 Å². The summed E-state index contributed by atoms with van der Waals surface area (Å²) in [5.74, 6) is 0.856. The lowest BCUT2D eigenvalue weighted by Gasteiger charge is -2.14. The second-order valence-corrected chi connectivity index (χ2v) is 6.26. The van der Waals surface area contributed by atoms with Crippen molar-refractivity contribution in [3.05, 3.63) is 58.4 Å². The van der Waals surface area contributed by atoms with Gasteiger partial charge in [0.15, 0.2) is 11.5 Å². The first-order valence-corrected chi connectivity index (χ1v) is 8.85. The summed E-state index contributed by atoms with van der Waals surface area (Å²) in [6.07, 6.45) is 1.17. The summed E-state index contributed by atoms with van der Waals surface area (Å²) in [6.45, 7) is 3.36. The van der Waals surface area contributed by atoms with Gasteiger partial charge in [-0.2, -0.15) is 0 Å². The number of hydrogen-bond acceptors (Lipinski definition) is 2. The number of halogens is 2. The van der Waals surface area contributed by atoms with Gasteiger partial charge in [0, 0.05) is 12.0 Å². The average Bonchev–Trinajstić information content (AvgIpc) is 2.61. The molecular formula is C19H26ClFN2O2+2. The van der Waals surface area contributed by atoms with Gasteiger partial charge < -0.3 is 20.1 Å². The van der Waals surface area contributed by atoms with Crippen molar-refractivity contribution in [2.24, 2.45) is 0 Å². The molecule has 0 aliphatic carbocycles. The molecule has 4 nitrogen and oxygen atoms in total. The Balaban J connectivity index is 1.99. The summed E-state index contributed by atoms with van der Waals surface area (Å²) < 4.78 is 24.2. The Kier molecular flexibility index (Phi) is 7.98. The SMILES string of the molecule is C[NH2+]CCC[NH2+]Cc1cc(Cl)c(OCc2ccc(F)cc2)c(OC)c1. The Bertz CT molecular complexity index is 665. The Morgan fingerprint density at radius 1 is 1.08 bits per heavy atom. The number of hydrogen-bond donors (Lipinski definition) is 2. The van der Waals surface area contributed by atoms with Crippen molar-refractivity contribution in [1.29, 1.82) is 0 Å². The van der Waals surface area contributed by atoms with Gasteiger partial charge >= 0.3 is 0 Å². The van der Waals surface area contributed by atoms with Crippen LogP contribution in [-0.2, 0) is 13.2 Å². The molecule has 0 atom stereocenters. The average molecular weight is 369 g/mol. The van der Waals surface area contributed by atoms with Gasteiger partial charge in [0.05, 0.1) is 32.3 Å². The minimum atomic E-state index is -0.267. The summed E-state index contributed by atoms with van der Waals surface area (Å²) in [5, 5.41) is 4.96. The molecule has 0 unspecified atom stereocenters. The maximum atomic E-state index is 13.0. The molecule has 136 valence electrons. The molecule has 0 aromatic heterocycles. The molecule has 25 heavy (non-hydrogen) atoms. The van der Waals surface area contributed by atoms with E-state index < -0.39 is 0 Å². The third-order valence-corrected chi connectivity index (χ3v) is 4.15. The molecule has 0 aliphatic heterocycles. The molecule has 0 fully saturated rings. The summed E-state index contributed by atoms with van der Waals surface area (Å²) in [7, 11) is 3.68. The number of quaternary nitrogens is 2. The molecule has 0 aliphatic rings. The monoisotopic (exact) mass is 368 g/mol. The molecule has 0 amide bonds. The van der Waals surface area contributed by atoms with E-state index in [4.69, 9.17) is 21.1 Å². The summed E-state index contributed by atoms with van der Waals surface area (Å²) in [4.78, 5) is 0. The van der Waals surface area contributed by atoms with Crippen molar-refractivity contribution in [2.45, 2.75) is 19.6 Å². The quantitative estimate of drug-likeness (QED) is 0.627. The van der Waals surface area contributed by atoms with Gasteiger partial charge in [-0.25, -0.2) is 4.39 Å². The van der Waals surface area contributed by atoms with Crippen LogP contribution >= 0.6 is 11.6 Å². The van der Waals surface area contributed by atoms with Gasteiger partial charge in [0.2, 0.25) is 0 Å². The largest absolute Gasteiger partial charge is 0.493 e. The van der Waals surface area contributed by atoms with Gasteiger partial charge in [-0.05, 0) is 29.8 Å². The molecule has 6 heteroatoms. The fourth-order valence-electron chi connectivity index (χ4n) is 2.50. The van der Waals surface area contributed by atoms with E-state index in [1.54, 1.807) is 19.2 Å². The van der Waals surface area contributed by atoms with Gasteiger partial charge in [-0.3, -0.25) is 0 Å². The highest BCUT2D eigenvalue weighted by Crippen LogP contribution is 2.36. The summed E-state index contributed by atoms with van der Waals surface area (Å²) >= 11 is 6.38. The standard InChI is InChI=1S/C19H24ClFN2O2/c1-22-8-3-9-23-12-15-10-17(20)19(18(11-15)24-2)25-13-14-4-6-16(21)7-5-14/h4-7,10-11,22-23H,3,8-9,12-13H2,1-2H3/p+2. The van der Waals surface area contributed by atoms with E-state index in [1.165, 1.54) is 18.6 Å². The molecule has 0 saturated heterocycles. The number of benzene rings is 2. The second-order valence-electron chi connectivity index (χ2n) is 5.86. The second kappa shape index (κ2) is 10.2. The van der Waals surface area contributed by atoms with Crippen molar-refractivity contribution in [3.63, 3.8) is 0 Å². The fraction of sp³-hybridized carbons (Fsp3) is 0.368. The Morgan fingerprint density at radius 2 is 1.84 bits per heavy atom. The minimum Gasteiger partial charge on any atom is -0.493 e. The maximum Gasteiger partial charge on any atom is 0.180 e. The minimum absolute atomic E-state index is 0.267. The predicted molar refractivity (Wildman–Crippen MR) is 96.6 cm³/mol. The highest BCUT2D eigenvalue weighted by molar-refractivity contribution is 6.32. The molecule has 0 bridgehead atoms. The van der Waals surface area contributed by atoms with Crippen molar-refractivity contribution >= 4 is 11.6 Å². The third-order valence-electron chi connectivity index (χ3n) is 3.87. The topological polar surface area (TPSA) is 51.7 Å². The van der Waals surface area contributed by atoms with Crippen molar-refractivity contribution < 1.29 is 24.5 Å². The zero-order chi connectivity index (χ0) is 18.1. The van der Waals surface area contributed by atoms with E-state index in [1.807, 2.05) is 12.1 Å². The zero-order valence-corrected chi connectivity index (χ0v) is 15.5. The molecule has 0 saturated carbocycles. The van der Waals surface area contributed by atoms with E-state index in [0.29, 0.717) is 23.1 Å². The normalized spacial score (nSPS) is 10.7. The van der Waals surface area contributed by atoms with Crippen LogP contribution in [0.1, 0.15) is 17.5 Å². The van der Waals surface area contributed by atoms with Crippen LogP contribution in [-0.4, -0.2) is 27.2 Å². The molecule has 2 aromatic rings. The molecule has 0 spiro atoms. The number of rotatable bonds is 10. The smallest absolute Gasteiger partial charge is 0.180 e. The Labute approximate surface area is 153 Å². The van der Waals surface area contributed by atoms with Crippen LogP contribution in [0.15, 0.2) is 36.4 Å². The molecular weight excluding hydrogens is 343 g/mol. The lowest BCUT2D eigenvalue weighted by Crippen LogP contribution is -2.85. The number of ether oxygens (including phenoxy) is 2. The van der Waals surface area contributed by atoms with Crippen molar-refractivity contribution in [3.8, 4) is 11.5 Å². The zero-order valence-electron chi connectivity index (χ0n) is 14.7. The van der Waals surface area contributed by atoms with Crippen LogP contribution in [0.2, 0.25) is 5.02 Å². The van der Waals surface area contributed by atoms with E-state index in [0.717, 1.165) is 30.8 Å². The Morgan fingerprint density at radius 3 is 2.52 bits per heavy atom. The van der Waals surface area contributed by atoms with E-state index in [2.05, 4.69) is 17.7 Å². The van der Waals surface area contributed by atoms with Crippen LogP contribution in [0.5, 0.6) is 11.5 Å². The lowest BCUT2D eigenvalue weighted by atomic mass is 10.2. The number of methoxy groups -OCH3 is 1. The van der Waals surface area contributed by atoms with E-state index in [9.17, 15) is 4.39 Å². The van der Waals surface area contributed by atoms with E-state index in [-0.39, 0.29) is 5.82 Å². The highest BCUT2D eigenvalue weighted by Gasteiger charge is 2.13. The van der Waals surface area contributed by atoms with Gasteiger partial charge in [0.1, 0.15) is 19.0 Å². The van der Waals surface area contributed by atoms with Crippen molar-refractivity contribution in [1.82, 2.24) is 0 Å². The molecule has 0 radical (unpaired) electrons. The first-order chi connectivity index (χ1) is 12.1. The first kappa shape index (κ1) is 19.5. The summed E-state index contributed by atoms with van der Waals surface area (Å²) in [6, 6.07) is 10.1. The fourth-order valence-corrected chi connectivity index (χ4v) is 2.79. The van der Waals surface area contributed by atoms with Crippen LogP contribution < -0.4 is 20.1 Å². The van der Waals surface area contributed by atoms with Crippen LogP contribution in [0.3, 0.4) is 0 Å². The van der Waals surface area contributed by atoms with Gasteiger partial charge in [-0.1, -0.05) is 23.7 Å². The van der Waals surface area contributed by atoms with Gasteiger partial charge in [-0.15, -0.1) is 0 Å². The van der Waals surface area contributed by atoms with Crippen molar-refractivity contribution in [2.75, 3.05) is 27.2 Å².